The molecule has 2 amide bonds. The first kappa shape index (κ1) is 22.2. The van der Waals surface area contributed by atoms with Crippen LogP contribution >= 0.6 is 27.5 Å². The largest absolute Gasteiger partial charge is 0.484 e. The van der Waals surface area contributed by atoms with Gasteiger partial charge < -0.3 is 15.0 Å². The zero-order valence-electron chi connectivity index (χ0n) is 16.1. The van der Waals surface area contributed by atoms with Crippen molar-refractivity contribution in [3.05, 3.63) is 63.6 Å². The molecule has 7 heteroatoms. The Hall–Kier alpha value is -2.05. The van der Waals surface area contributed by atoms with Gasteiger partial charge in [0.25, 0.3) is 5.91 Å². The molecule has 0 aromatic heterocycles. The quantitative estimate of drug-likeness (QED) is 0.625. The van der Waals surface area contributed by atoms with Crippen LogP contribution in [0.5, 0.6) is 5.75 Å². The molecule has 2 rings (SSSR count). The van der Waals surface area contributed by atoms with Crippen LogP contribution in [0.15, 0.2) is 53.0 Å². The molecule has 2 aromatic carbocycles. The Kier molecular flexibility index (Phi) is 8.33. The highest BCUT2D eigenvalue weighted by molar-refractivity contribution is 9.10. The van der Waals surface area contributed by atoms with Crippen molar-refractivity contribution in [1.29, 1.82) is 0 Å². The number of benzene rings is 2. The van der Waals surface area contributed by atoms with E-state index in [1.807, 2.05) is 44.2 Å². The standard InChI is InChI=1S/C21H24BrClN2O3/c1-14(2)24-21(27)15(3)25(12-16-6-4-5-7-19(16)23)20(26)13-28-18-10-8-17(22)9-11-18/h4-11,14-15H,12-13H2,1-3H3,(H,24,27)/t15-/m0/s1. The lowest BCUT2D eigenvalue weighted by Gasteiger charge is -2.29. The number of hydrogen-bond acceptors (Lipinski definition) is 3. The maximum Gasteiger partial charge on any atom is 0.261 e. The Bertz CT molecular complexity index is 812. The summed E-state index contributed by atoms with van der Waals surface area (Å²) in [5, 5.41) is 3.39. The van der Waals surface area contributed by atoms with E-state index in [1.54, 1.807) is 25.1 Å². The van der Waals surface area contributed by atoms with Gasteiger partial charge in [0.2, 0.25) is 5.91 Å². The van der Waals surface area contributed by atoms with E-state index in [0.717, 1.165) is 10.0 Å². The molecule has 0 fully saturated rings. The molecule has 0 unspecified atom stereocenters. The van der Waals surface area contributed by atoms with Crippen LogP contribution < -0.4 is 10.1 Å². The summed E-state index contributed by atoms with van der Waals surface area (Å²) in [6.07, 6.45) is 0. The van der Waals surface area contributed by atoms with Gasteiger partial charge in [-0.1, -0.05) is 45.7 Å². The average Bonchev–Trinajstić information content (AvgIpc) is 2.65. The Morgan fingerprint density at radius 2 is 1.75 bits per heavy atom. The summed E-state index contributed by atoms with van der Waals surface area (Å²) in [5.74, 6) is 0.0572. The molecule has 0 saturated carbocycles. The monoisotopic (exact) mass is 466 g/mol. The van der Waals surface area contributed by atoms with Crippen LogP contribution in [0, 0.1) is 0 Å². The van der Waals surface area contributed by atoms with E-state index in [1.165, 1.54) is 4.90 Å². The third-order valence-electron chi connectivity index (χ3n) is 4.07. The first-order chi connectivity index (χ1) is 13.3. The van der Waals surface area contributed by atoms with E-state index in [4.69, 9.17) is 16.3 Å². The molecule has 0 radical (unpaired) electrons. The van der Waals surface area contributed by atoms with Gasteiger partial charge >= 0.3 is 0 Å². The number of nitrogens with zero attached hydrogens (tertiary/aromatic N) is 1. The molecule has 5 nitrogen and oxygen atoms in total. The Labute approximate surface area is 179 Å². The molecule has 0 aliphatic carbocycles. The predicted octanol–water partition coefficient (Wildman–Crippen LogP) is 4.42. The minimum absolute atomic E-state index is 0.0220. The highest BCUT2D eigenvalue weighted by Gasteiger charge is 2.27. The second-order valence-corrected chi connectivity index (χ2v) is 8.02. The first-order valence-electron chi connectivity index (χ1n) is 8.99. The number of amides is 2. The van der Waals surface area contributed by atoms with Gasteiger partial charge in [-0.2, -0.15) is 0 Å². The van der Waals surface area contributed by atoms with Gasteiger partial charge in [-0.25, -0.2) is 0 Å². The maximum atomic E-state index is 12.9. The molecule has 0 bridgehead atoms. The highest BCUT2D eigenvalue weighted by atomic mass is 79.9. The molecule has 0 aliphatic heterocycles. The Morgan fingerprint density at radius 1 is 1.11 bits per heavy atom. The van der Waals surface area contributed by atoms with Gasteiger partial charge in [0.1, 0.15) is 11.8 Å². The molecule has 0 aliphatic rings. The van der Waals surface area contributed by atoms with Crippen LogP contribution in [0.3, 0.4) is 0 Å². The Morgan fingerprint density at radius 3 is 2.36 bits per heavy atom. The maximum absolute atomic E-state index is 12.9. The van der Waals surface area contributed by atoms with Crippen molar-refractivity contribution in [3.63, 3.8) is 0 Å². The summed E-state index contributed by atoms with van der Waals surface area (Å²) < 4.78 is 6.53. The molecule has 1 N–H and O–H groups in total. The number of hydrogen-bond donors (Lipinski definition) is 1. The first-order valence-corrected chi connectivity index (χ1v) is 10.2. The van der Waals surface area contributed by atoms with Crippen molar-refractivity contribution >= 4 is 39.3 Å². The number of rotatable bonds is 8. The SMILES string of the molecule is CC(C)NC(=O)[C@H](C)N(Cc1ccccc1Cl)C(=O)COc1ccc(Br)cc1. The third kappa shape index (κ3) is 6.53. The van der Waals surface area contributed by atoms with Crippen molar-refractivity contribution in [3.8, 4) is 5.75 Å². The van der Waals surface area contributed by atoms with E-state index < -0.39 is 6.04 Å². The van der Waals surface area contributed by atoms with Crippen molar-refractivity contribution in [2.24, 2.45) is 0 Å². The van der Waals surface area contributed by atoms with Gasteiger partial charge in [0.05, 0.1) is 0 Å². The molecular weight excluding hydrogens is 444 g/mol. The summed E-state index contributed by atoms with van der Waals surface area (Å²) >= 11 is 9.61. The predicted molar refractivity (Wildman–Crippen MR) is 114 cm³/mol. The highest BCUT2D eigenvalue weighted by Crippen LogP contribution is 2.20. The van der Waals surface area contributed by atoms with Gasteiger partial charge in [-0.15, -0.1) is 0 Å². The number of carbonyl (C=O) groups is 2. The van der Waals surface area contributed by atoms with Gasteiger partial charge in [-0.3, -0.25) is 9.59 Å². The zero-order valence-corrected chi connectivity index (χ0v) is 18.5. The van der Waals surface area contributed by atoms with E-state index in [0.29, 0.717) is 10.8 Å². The van der Waals surface area contributed by atoms with E-state index in [-0.39, 0.29) is 31.0 Å². The molecule has 0 saturated heterocycles. The smallest absolute Gasteiger partial charge is 0.261 e. The van der Waals surface area contributed by atoms with Crippen LogP contribution in [0.25, 0.3) is 0 Å². The number of carbonyl (C=O) groups excluding carboxylic acids is 2. The van der Waals surface area contributed by atoms with E-state index in [2.05, 4.69) is 21.2 Å². The molecule has 150 valence electrons. The lowest BCUT2D eigenvalue weighted by molar-refractivity contribution is -0.142. The summed E-state index contributed by atoms with van der Waals surface area (Å²) in [4.78, 5) is 26.9. The second kappa shape index (κ2) is 10.5. The molecule has 0 spiro atoms. The van der Waals surface area contributed by atoms with Crippen molar-refractivity contribution in [2.45, 2.75) is 39.4 Å². The second-order valence-electron chi connectivity index (χ2n) is 6.69. The minimum Gasteiger partial charge on any atom is -0.484 e. The van der Waals surface area contributed by atoms with Crippen molar-refractivity contribution in [2.75, 3.05) is 6.61 Å². The Balaban J connectivity index is 2.15. The zero-order chi connectivity index (χ0) is 20.7. The van der Waals surface area contributed by atoms with Crippen molar-refractivity contribution in [1.82, 2.24) is 10.2 Å². The molecular formula is C21H24BrClN2O3. The van der Waals surface area contributed by atoms with Crippen LogP contribution in [0.2, 0.25) is 5.02 Å². The normalized spacial score (nSPS) is 11.8. The van der Waals surface area contributed by atoms with E-state index in [9.17, 15) is 9.59 Å². The van der Waals surface area contributed by atoms with Crippen molar-refractivity contribution < 1.29 is 14.3 Å². The molecule has 28 heavy (non-hydrogen) atoms. The van der Waals surface area contributed by atoms with Crippen LogP contribution in [-0.4, -0.2) is 35.4 Å². The fraction of sp³-hybridized carbons (Fsp3) is 0.333. The van der Waals surface area contributed by atoms with Crippen LogP contribution in [0.4, 0.5) is 0 Å². The summed E-state index contributed by atoms with van der Waals surface area (Å²) in [5.41, 5.74) is 0.769. The fourth-order valence-electron chi connectivity index (χ4n) is 2.56. The molecule has 0 heterocycles. The fourth-order valence-corrected chi connectivity index (χ4v) is 3.02. The molecule has 1 atom stereocenters. The summed E-state index contributed by atoms with van der Waals surface area (Å²) in [6, 6.07) is 13.8. The molecule has 2 aromatic rings. The van der Waals surface area contributed by atoms with Gasteiger partial charge in [0, 0.05) is 22.1 Å². The number of halogens is 2. The lowest BCUT2D eigenvalue weighted by Crippen LogP contribution is -2.50. The minimum atomic E-state index is -0.667. The van der Waals surface area contributed by atoms with Crippen LogP contribution in [0.1, 0.15) is 26.3 Å². The van der Waals surface area contributed by atoms with Gasteiger partial charge in [-0.05, 0) is 56.7 Å². The average molecular weight is 468 g/mol. The third-order valence-corrected chi connectivity index (χ3v) is 4.97. The summed E-state index contributed by atoms with van der Waals surface area (Å²) in [6.45, 7) is 5.50. The summed E-state index contributed by atoms with van der Waals surface area (Å²) in [7, 11) is 0. The van der Waals surface area contributed by atoms with Gasteiger partial charge in [0.15, 0.2) is 6.61 Å². The number of ether oxygens (including phenoxy) is 1. The topological polar surface area (TPSA) is 58.6 Å². The van der Waals surface area contributed by atoms with E-state index >= 15 is 0 Å². The number of nitrogens with one attached hydrogen (secondary N) is 1. The van der Waals surface area contributed by atoms with Crippen LogP contribution in [-0.2, 0) is 16.1 Å². The lowest BCUT2D eigenvalue weighted by atomic mass is 10.1.